The monoisotopic (exact) mass is 159 g/mol. The van der Waals surface area contributed by atoms with E-state index in [0.717, 1.165) is 12.3 Å². The SMILES string of the molecule is N#Cc1cc([B-](F)(F)F)c[nH]1. The molecule has 1 heterocycles. The Balaban J connectivity index is 3.01. The fourth-order valence-corrected chi connectivity index (χ4v) is 0.665. The molecule has 2 nitrogen and oxygen atoms in total. The Morgan fingerprint density at radius 2 is 2.09 bits per heavy atom. The van der Waals surface area contributed by atoms with E-state index in [1.54, 1.807) is 6.07 Å². The van der Waals surface area contributed by atoms with Crippen molar-refractivity contribution in [3.05, 3.63) is 18.0 Å². The molecule has 0 aliphatic rings. The zero-order valence-corrected chi connectivity index (χ0v) is 5.31. The third-order valence-corrected chi connectivity index (χ3v) is 1.20. The Kier molecular flexibility index (Phi) is 1.65. The molecule has 6 heteroatoms. The molecule has 1 aromatic heterocycles. The topological polar surface area (TPSA) is 39.6 Å². The molecule has 0 amide bonds. The van der Waals surface area contributed by atoms with Gasteiger partial charge in [-0.05, 0) is 6.20 Å². The van der Waals surface area contributed by atoms with Gasteiger partial charge in [0.05, 0.1) is 0 Å². The zero-order valence-electron chi connectivity index (χ0n) is 5.31. The van der Waals surface area contributed by atoms with Crippen LogP contribution in [0.5, 0.6) is 0 Å². The number of nitriles is 1. The van der Waals surface area contributed by atoms with Crippen molar-refractivity contribution in [2.24, 2.45) is 0 Å². The second kappa shape index (κ2) is 2.34. The highest BCUT2D eigenvalue weighted by Gasteiger charge is 2.26. The van der Waals surface area contributed by atoms with Gasteiger partial charge in [0.15, 0.2) is 0 Å². The van der Waals surface area contributed by atoms with E-state index >= 15 is 0 Å². The van der Waals surface area contributed by atoms with Crippen LogP contribution in [-0.4, -0.2) is 12.0 Å². The molecular formula is C5H3BF3N2-. The number of nitrogens with one attached hydrogen (secondary N) is 1. The van der Waals surface area contributed by atoms with E-state index in [1.165, 1.54) is 0 Å². The Hall–Kier alpha value is -1.38. The Morgan fingerprint density at radius 1 is 1.45 bits per heavy atom. The van der Waals surface area contributed by atoms with Gasteiger partial charge >= 0.3 is 6.98 Å². The van der Waals surface area contributed by atoms with Gasteiger partial charge in [0.2, 0.25) is 0 Å². The maximum absolute atomic E-state index is 11.9. The van der Waals surface area contributed by atoms with E-state index in [1.807, 2.05) is 0 Å². The minimum atomic E-state index is -4.97. The second-order valence-corrected chi connectivity index (χ2v) is 2.03. The molecule has 1 aromatic rings. The highest BCUT2D eigenvalue weighted by atomic mass is 19.4. The van der Waals surface area contributed by atoms with Gasteiger partial charge in [-0.3, -0.25) is 0 Å². The minimum Gasteiger partial charge on any atom is -0.445 e. The van der Waals surface area contributed by atoms with Gasteiger partial charge in [0, 0.05) is 0 Å². The van der Waals surface area contributed by atoms with Crippen LogP contribution >= 0.6 is 0 Å². The lowest BCUT2D eigenvalue weighted by atomic mass is 9.82. The van der Waals surface area contributed by atoms with Gasteiger partial charge in [-0.25, -0.2) is 0 Å². The van der Waals surface area contributed by atoms with Crippen LogP contribution in [0.25, 0.3) is 0 Å². The lowest BCUT2D eigenvalue weighted by Gasteiger charge is -2.09. The van der Waals surface area contributed by atoms with Gasteiger partial charge in [0.25, 0.3) is 0 Å². The van der Waals surface area contributed by atoms with Crippen molar-refractivity contribution in [3.63, 3.8) is 0 Å². The summed E-state index contributed by atoms with van der Waals surface area (Å²) in [7, 11) is 0. The lowest BCUT2D eigenvalue weighted by Crippen LogP contribution is -2.32. The summed E-state index contributed by atoms with van der Waals surface area (Å²) in [6.07, 6.45) is 0.790. The maximum atomic E-state index is 11.9. The lowest BCUT2D eigenvalue weighted by molar-refractivity contribution is 0.501. The van der Waals surface area contributed by atoms with Crippen LogP contribution < -0.4 is 5.46 Å². The zero-order chi connectivity index (χ0) is 8.48. The molecule has 0 atom stereocenters. The van der Waals surface area contributed by atoms with Crippen LogP contribution in [0.4, 0.5) is 12.9 Å². The van der Waals surface area contributed by atoms with Crippen molar-refractivity contribution in [2.45, 2.75) is 0 Å². The Morgan fingerprint density at radius 3 is 2.36 bits per heavy atom. The fourth-order valence-electron chi connectivity index (χ4n) is 0.665. The summed E-state index contributed by atoms with van der Waals surface area (Å²) in [6.45, 7) is -4.97. The smallest absolute Gasteiger partial charge is 0.445 e. The van der Waals surface area contributed by atoms with E-state index < -0.39 is 12.4 Å². The first-order valence-electron chi connectivity index (χ1n) is 2.82. The van der Waals surface area contributed by atoms with Crippen LogP contribution in [0.3, 0.4) is 0 Å². The highest BCUT2D eigenvalue weighted by Crippen LogP contribution is 2.08. The molecule has 0 fully saturated rings. The molecule has 11 heavy (non-hydrogen) atoms. The van der Waals surface area contributed by atoms with Gasteiger partial charge in [-0.1, -0.05) is 11.5 Å². The molecule has 1 N–H and O–H groups in total. The predicted octanol–water partition coefficient (Wildman–Crippen LogP) is 0.941. The molecule has 0 radical (unpaired) electrons. The van der Waals surface area contributed by atoms with Gasteiger partial charge in [0.1, 0.15) is 11.8 Å². The van der Waals surface area contributed by atoms with Gasteiger partial charge in [-0.15, -0.1) is 0 Å². The number of hydrogen-bond acceptors (Lipinski definition) is 1. The summed E-state index contributed by atoms with van der Waals surface area (Å²) >= 11 is 0. The summed E-state index contributed by atoms with van der Waals surface area (Å²) in [5.41, 5.74) is -0.833. The first-order chi connectivity index (χ1) is 5.04. The number of hydrogen-bond donors (Lipinski definition) is 1. The highest BCUT2D eigenvalue weighted by molar-refractivity contribution is 6.73. The number of rotatable bonds is 1. The number of H-pyrrole nitrogens is 1. The molecule has 0 saturated carbocycles. The average molecular weight is 159 g/mol. The number of aromatic amines is 1. The standard InChI is InChI=1S/C5H3BF3N2/c7-6(8,9)4-1-5(2-10)11-3-4/h1,3,11H/q-1. The molecule has 0 saturated heterocycles. The third kappa shape index (κ3) is 1.55. The molecule has 58 valence electrons. The van der Waals surface area contributed by atoms with Crippen molar-refractivity contribution >= 4 is 12.4 Å². The number of nitrogens with zero attached hydrogens (tertiary/aromatic N) is 1. The molecule has 0 unspecified atom stereocenters. The van der Waals surface area contributed by atoms with Crippen molar-refractivity contribution in [2.75, 3.05) is 0 Å². The first-order valence-corrected chi connectivity index (χ1v) is 2.82. The summed E-state index contributed by atoms with van der Waals surface area (Å²) in [6, 6.07) is 2.37. The summed E-state index contributed by atoms with van der Waals surface area (Å²) in [5, 5.41) is 8.18. The van der Waals surface area contributed by atoms with E-state index in [4.69, 9.17) is 5.26 Å². The van der Waals surface area contributed by atoms with Crippen molar-refractivity contribution in [1.82, 2.24) is 4.98 Å². The normalized spacial score (nSPS) is 11.1. The molecule has 0 spiro atoms. The van der Waals surface area contributed by atoms with Crippen molar-refractivity contribution in [1.29, 1.82) is 5.26 Å². The Labute approximate surface area is 60.7 Å². The quantitative estimate of drug-likeness (QED) is 0.608. The molecule has 0 aromatic carbocycles. The van der Waals surface area contributed by atoms with Crippen LogP contribution in [0.15, 0.2) is 12.3 Å². The summed E-state index contributed by atoms with van der Waals surface area (Å²) in [5.74, 6) is 0. The van der Waals surface area contributed by atoms with Crippen LogP contribution in [0.1, 0.15) is 5.69 Å². The summed E-state index contributed by atoms with van der Waals surface area (Å²) < 4.78 is 35.6. The van der Waals surface area contributed by atoms with Gasteiger partial charge < -0.3 is 17.9 Å². The van der Waals surface area contributed by atoms with E-state index in [-0.39, 0.29) is 5.69 Å². The van der Waals surface area contributed by atoms with Crippen LogP contribution in [0.2, 0.25) is 0 Å². The maximum Gasteiger partial charge on any atom is 0.511 e. The molecule has 0 aliphatic heterocycles. The average Bonchev–Trinajstić information content (AvgIpc) is 2.32. The van der Waals surface area contributed by atoms with Crippen LogP contribution in [-0.2, 0) is 0 Å². The Bertz CT molecular complexity index is 295. The van der Waals surface area contributed by atoms with E-state index in [9.17, 15) is 12.9 Å². The number of halogens is 3. The molecule has 0 aliphatic carbocycles. The minimum absolute atomic E-state index is 0.0702. The third-order valence-electron chi connectivity index (χ3n) is 1.20. The van der Waals surface area contributed by atoms with Crippen molar-refractivity contribution in [3.8, 4) is 6.07 Å². The largest absolute Gasteiger partial charge is 0.511 e. The second-order valence-electron chi connectivity index (χ2n) is 2.03. The van der Waals surface area contributed by atoms with Crippen LogP contribution in [0, 0.1) is 11.3 Å². The molecule has 0 bridgehead atoms. The number of aromatic nitrogens is 1. The van der Waals surface area contributed by atoms with E-state index in [2.05, 4.69) is 4.98 Å². The molecular weight excluding hydrogens is 156 g/mol. The molecule has 1 rings (SSSR count). The summed E-state index contributed by atoms with van der Waals surface area (Å²) in [4.78, 5) is 2.20. The first kappa shape index (κ1) is 7.73. The van der Waals surface area contributed by atoms with Gasteiger partial charge in [-0.2, -0.15) is 5.26 Å². The fraction of sp³-hybridized carbons (Fsp3) is 0. The predicted molar refractivity (Wildman–Crippen MR) is 34.2 cm³/mol. The van der Waals surface area contributed by atoms with Crippen molar-refractivity contribution < 1.29 is 12.9 Å². The van der Waals surface area contributed by atoms with E-state index in [0.29, 0.717) is 0 Å².